The fraction of sp³-hybridized carbons (Fsp3) is 0.647. The lowest BCUT2D eigenvalue weighted by Gasteiger charge is -2.38. The summed E-state index contributed by atoms with van der Waals surface area (Å²) < 4.78 is 0. The predicted molar refractivity (Wildman–Crippen MR) is 87.4 cm³/mol. The van der Waals surface area contributed by atoms with Crippen molar-refractivity contribution >= 4 is 0 Å². The zero-order valence-electron chi connectivity index (χ0n) is 13.4. The van der Waals surface area contributed by atoms with Crippen LogP contribution in [-0.2, 0) is 5.54 Å². The third kappa shape index (κ3) is 4.27. The van der Waals surface area contributed by atoms with Gasteiger partial charge in [0.25, 0.3) is 0 Å². The molecular formula is C17H29N3O. The maximum atomic E-state index is 10.1. The number of aliphatic hydroxyl groups is 1. The van der Waals surface area contributed by atoms with E-state index in [9.17, 15) is 5.11 Å². The van der Waals surface area contributed by atoms with Crippen LogP contribution >= 0.6 is 0 Å². The van der Waals surface area contributed by atoms with E-state index in [2.05, 4.69) is 41.2 Å². The molecule has 21 heavy (non-hydrogen) atoms. The summed E-state index contributed by atoms with van der Waals surface area (Å²) >= 11 is 0. The van der Waals surface area contributed by atoms with Crippen molar-refractivity contribution in [3.8, 4) is 0 Å². The van der Waals surface area contributed by atoms with Crippen LogP contribution in [0.5, 0.6) is 0 Å². The topological polar surface area (TPSA) is 38.7 Å². The monoisotopic (exact) mass is 291 g/mol. The van der Waals surface area contributed by atoms with Crippen molar-refractivity contribution < 1.29 is 5.11 Å². The molecule has 1 aromatic carbocycles. The Bertz CT molecular complexity index is 412. The standard InChI is InChI=1S/C17H29N3O/c1-3-18-17(15-21,16-8-5-4-6-9-16)14-20-11-7-10-19(2)12-13-20/h4-6,8-9,18,21H,3,7,10-15H2,1-2H3. The van der Waals surface area contributed by atoms with Crippen LogP contribution in [0, 0.1) is 0 Å². The molecule has 0 radical (unpaired) electrons. The molecule has 118 valence electrons. The molecule has 0 spiro atoms. The summed E-state index contributed by atoms with van der Waals surface area (Å²) in [5.41, 5.74) is 0.811. The molecule has 1 heterocycles. The maximum Gasteiger partial charge on any atom is 0.0797 e. The van der Waals surface area contributed by atoms with Crippen molar-refractivity contribution in [3.05, 3.63) is 35.9 Å². The van der Waals surface area contributed by atoms with Gasteiger partial charge in [-0.2, -0.15) is 0 Å². The van der Waals surface area contributed by atoms with Crippen LogP contribution in [0.2, 0.25) is 0 Å². The molecule has 4 heteroatoms. The Hall–Kier alpha value is -0.940. The molecule has 1 fully saturated rings. The quantitative estimate of drug-likeness (QED) is 0.824. The van der Waals surface area contributed by atoms with Crippen molar-refractivity contribution in [1.82, 2.24) is 15.1 Å². The molecule has 0 aliphatic carbocycles. The summed E-state index contributed by atoms with van der Waals surface area (Å²) in [5, 5.41) is 13.7. The summed E-state index contributed by atoms with van der Waals surface area (Å²) in [7, 11) is 2.18. The second-order valence-electron chi connectivity index (χ2n) is 6.07. The third-order valence-corrected chi connectivity index (χ3v) is 4.42. The zero-order chi connectivity index (χ0) is 15.1. The Morgan fingerprint density at radius 1 is 1.14 bits per heavy atom. The molecule has 1 saturated heterocycles. The van der Waals surface area contributed by atoms with Crippen molar-refractivity contribution in [2.75, 3.05) is 52.9 Å². The molecule has 2 rings (SSSR count). The summed E-state index contributed by atoms with van der Waals surface area (Å²) in [6.45, 7) is 8.36. The molecule has 4 nitrogen and oxygen atoms in total. The SMILES string of the molecule is CCNC(CO)(CN1CCCN(C)CC1)c1ccccc1. The van der Waals surface area contributed by atoms with Gasteiger partial charge < -0.3 is 15.3 Å². The fourth-order valence-electron chi connectivity index (χ4n) is 3.18. The van der Waals surface area contributed by atoms with Crippen LogP contribution in [-0.4, -0.2) is 67.8 Å². The molecule has 1 aliphatic heterocycles. The second kappa shape index (κ2) is 7.90. The van der Waals surface area contributed by atoms with E-state index in [4.69, 9.17) is 0 Å². The van der Waals surface area contributed by atoms with Gasteiger partial charge in [0.05, 0.1) is 12.1 Å². The van der Waals surface area contributed by atoms with Crippen molar-refractivity contribution in [2.45, 2.75) is 18.9 Å². The van der Waals surface area contributed by atoms with Crippen molar-refractivity contribution in [3.63, 3.8) is 0 Å². The molecule has 0 aromatic heterocycles. The number of nitrogens with zero attached hydrogens (tertiary/aromatic N) is 2. The molecule has 1 aromatic rings. The first kappa shape index (κ1) is 16.4. The summed E-state index contributed by atoms with van der Waals surface area (Å²) in [4.78, 5) is 4.87. The van der Waals surface area contributed by atoms with Crippen LogP contribution in [0.15, 0.2) is 30.3 Å². The van der Waals surface area contributed by atoms with E-state index in [1.54, 1.807) is 0 Å². The number of nitrogens with one attached hydrogen (secondary N) is 1. The van der Waals surface area contributed by atoms with Gasteiger partial charge in [0.1, 0.15) is 0 Å². The van der Waals surface area contributed by atoms with Crippen LogP contribution in [0.25, 0.3) is 0 Å². The first-order chi connectivity index (χ1) is 10.2. The molecule has 0 amide bonds. The number of rotatable bonds is 6. The van der Waals surface area contributed by atoms with Gasteiger partial charge in [-0.05, 0) is 38.7 Å². The van der Waals surface area contributed by atoms with E-state index in [-0.39, 0.29) is 12.1 Å². The first-order valence-electron chi connectivity index (χ1n) is 8.02. The van der Waals surface area contributed by atoms with E-state index >= 15 is 0 Å². The first-order valence-corrected chi connectivity index (χ1v) is 8.02. The molecule has 1 unspecified atom stereocenters. The van der Waals surface area contributed by atoms with Gasteiger partial charge in [-0.15, -0.1) is 0 Å². The van der Waals surface area contributed by atoms with Crippen LogP contribution in [0.3, 0.4) is 0 Å². The van der Waals surface area contributed by atoms with Crippen LogP contribution in [0.1, 0.15) is 18.9 Å². The predicted octanol–water partition coefficient (Wildman–Crippen LogP) is 1.12. The minimum Gasteiger partial charge on any atom is -0.394 e. The molecule has 0 bridgehead atoms. The smallest absolute Gasteiger partial charge is 0.0797 e. The highest BCUT2D eigenvalue weighted by molar-refractivity contribution is 5.25. The number of benzene rings is 1. The maximum absolute atomic E-state index is 10.1. The Kier molecular flexibility index (Phi) is 6.18. The Morgan fingerprint density at radius 3 is 2.57 bits per heavy atom. The lowest BCUT2D eigenvalue weighted by molar-refractivity contribution is 0.109. The van der Waals surface area contributed by atoms with Crippen molar-refractivity contribution in [1.29, 1.82) is 0 Å². The van der Waals surface area contributed by atoms with Gasteiger partial charge in [0.2, 0.25) is 0 Å². The van der Waals surface area contributed by atoms with E-state index in [1.165, 1.54) is 12.0 Å². The van der Waals surface area contributed by atoms with E-state index in [0.29, 0.717) is 0 Å². The summed E-state index contributed by atoms with van der Waals surface area (Å²) in [5.74, 6) is 0. The average Bonchev–Trinajstić information content (AvgIpc) is 2.72. The number of aliphatic hydroxyl groups excluding tert-OH is 1. The van der Waals surface area contributed by atoms with Gasteiger partial charge in [0.15, 0.2) is 0 Å². The fourth-order valence-corrected chi connectivity index (χ4v) is 3.18. The second-order valence-corrected chi connectivity index (χ2v) is 6.07. The Morgan fingerprint density at radius 2 is 1.90 bits per heavy atom. The van der Waals surface area contributed by atoms with Crippen molar-refractivity contribution in [2.24, 2.45) is 0 Å². The molecular weight excluding hydrogens is 262 g/mol. The Labute approximate surface area is 128 Å². The van der Waals surface area contributed by atoms with Gasteiger partial charge in [-0.3, -0.25) is 4.90 Å². The van der Waals surface area contributed by atoms with E-state index in [1.807, 2.05) is 18.2 Å². The molecule has 1 aliphatic rings. The van der Waals surface area contributed by atoms with E-state index < -0.39 is 0 Å². The summed E-state index contributed by atoms with van der Waals surface area (Å²) in [6.07, 6.45) is 1.19. The lowest BCUT2D eigenvalue weighted by Crippen LogP contribution is -2.54. The highest BCUT2D eigenvalue weighted by Crippen LogP contribution is 2.23. The van der Waals surface area contributed by atoms with Crippen LogP contribution in [0.4, 0.5) is 0 Å². The van der Waals surface area contributed by atoms with Gasteiger partial charge in [-0.1, -0.05) is 37.3 Å². The largest absolute Gasteiger partial charge is 0.394 e. The number of likely N-dealkylation sites (N-methyl/N-ethyl adjacent to an activating group) is 2. The molecule has 2 N–H and O–H groups in total. The average molecular weight is 291 g/mol. The Balaban J connectivity index is 2.16. The lowest BCUT2D eigenvalue weighted by atomic mass is 9.89. The minimum atomic E-state index is -0.362. The van der Waals surface area contributed by atoms with Crippen LogP contribution < -0.4 is 5.32 Å². The van der Waals surface area contributed by atoms with E-state index in [0.717, 1.165) is 39.3 Å². The molecule has 0 saturated carbocycles. The number of hydrogen-bond acceptors (Lipinski definition) is 4. The normalized spacial score (nSPS) is 20.9. The van der Waals surface area contributed by atoms with Gasteiger partial charge >= 0.3 is 0 Å². The highest BCUT2D eigenvalue weighted by Gasteiger charge is 2.33. The van der Waals surface area contributed by atoms with Gasteiger partial charge in [-0.25, -0.2) is 0 Å². The number of hydrogen-bond donors (Lipinski definition) is 2. The zero-order valence-corrected chi connectivity index (χ0v) is 13.4. The minimum absolute atomic E-state index is 0.122. The highest BCUT2D eigenvalue weighted by atomic mass is 16.3. The summed E-state index contributed by atoms with van der Waals surface area (Å²) in [6, 6.07) is 10.4. The molecule has 1 atom stereocenters. The third-order valence-electron chi connectivity index (χ3n) is 4.42. The van der Waals surface area contributed by atoms with Gasteiger partial charge in [0, 0.05) is 19.6 Å².